The van der Waals surface area contributed by atoms with Crippen LogP contribution in [0.1, 0.15) is 22.7 Å². The largest absolute Gasteiger partial charge is 0.351 e. The van der Waals surface area contributed by atoms with Crippen LogP contribution in [0.15, 0.2) is 11.2 Å². The third-order valence-corrected chi connectivity index (χ3v) is 3.62. The third-order valence-electron chi connectivity index (χ3n) is 2.71. The second kappa shape index (κ2) is 5.30. The Morgan fingerprint density at radius 2 is 2.31 bits per heavy atom. The van der Waals surface area contributed by atoms with Crippen LogP contribution < -0.4 is 5.32 Å². The average molecular weight is 238 g/mol. The van der Waals surface area contributed by atoms with Crippen LogP contribution in [0.2, 0.25) is 0 Å². The summed E-state index contributed by atoms with van der Waals surface area (Å²) in [6.07, 6.45) is 4.49. The summed E-state index contributed by atoms with van der Waals surface area (Å²) in [5.74, 6) is 1.02. The normalized spacial score (nSPS) is 16.9. The van der Waals surface area contributed by atoms with Crippen LogP contribution in [0.25, 0.3) is 0 Å². The zero-order valence-electron chi connectivity index (χ0n) is 9.86. The lowest BCUT2D eigenvalue weighted by molar-refractivity contribution is 0.494. The molecule has 1 aromatic rings. The van der Waals surface area contributed by atoms with Crippen molar-refractivity contribution >= 4 is 17.3 Å². The van der Waals surface area contributed by atoms with Gasteiger partial charge in [-0.2, -0.15) is 0 Å². The molecular weight excluding hydrogens is 220 g/mol. The first-order chi connectivity index (χ1) is 7.79. The number of hydrogen-bond donors (Lipinski definition) is 1. The monoisotopic (exact) mass is 238 g/mol. The lowest BCUT2D eigenvalue weighted by Gasteiger charge is -2.20. The van der Waals surface area contributed by atoms with Crippen molar-refractivity contribution < 1.29 is 0 Å². The van der Waals surface area contributed by atoms with Crippen molar-refractivity contribution in [3.05, 3.63) is 16.1 Å². The zero-order valence-corrected chi connectivity index (χ0v) is 10.7. The van der Waals surface area contributed by atoms with Gasteiger partial charge in [0.05, 0.1) is 11.6 Å². The molecule has 1 aliphatic rings. The standard InChI is InChI=1S/C11H18N4S/c1-9-13-7-10(16-9)8-14-11(12-2)15-5-3-4-6-15/h7H,3-6,8H2,1-2H3,(H,12,14). The topological polar surface area (TPSA) is 40.5 Å². The molecule has 1 fully saturated rings. The first-order valence-corrected chi connectivity index (χ1v) is 6.48. The maximum Gasteiger partial charge on any atom is 0.193 e. The van der Waals surface area contributed by atoms with E-state index in [1.54, 1.807) is 11.3 Å². The predicted molar refractivity (Wildman–Crippen MR) is 67.9 cm³/mol. The SMILES string of the molecule is CN=C(NCc1cnc(C)s1)N1CCCC1. The Hall–Kier alpha value is -1.10. The Morgan fingerprint density at radius 1 is 1.56 bits per heavy atom. The first-order valence-electron chi connectivity index (χ1n) is 5.66. The van der Waals surface area contributed by atoms with Gasteiger partial charge in [0, 0.05) is 31.2 Å². The highest BCUT2D eigenvalue weighted by Gasteiger charge is 2.15. The van der Waals surface area contributed by atoms with Gasteiger partial charge >= 0.3 is 0 Å². The minimum atomic E-state index is 0.828. The van der Waals surface area contributed by atoms with E-state index in [9.17, 15) is 0 Å². The van der Waals surface area contributed by atoms with Crippen molar-refractivity contribution in [3.8, 4) is 0 Å². The molecule has 1 aromatic heterocycles. The van der Waals surface area contributed by atoms with Gasteiger partial charge in [-0.1, -0.05) is 0 Å². The maximum absolute atomic E-state index is 4.31. The van der Waals surface area contributed by atoms with Gasteiger partial charge in [0.25, 0.3) is 0 Å². The molecule has 1 aliphatic heterocycles. The molecule has 0 aliphatic carbocycles. The molecule has 0 bridgehead atoms. The number of aliphatic imine (C=N–C) groups is 1. The molecule has 5 heteroatoms. The smallest absolute Gasteiger partial charge is 0.193 e. The van der Waals surface area contributed by atoms with E-state index in [0.29, 0.717) is 0 Å². The van der Waals surface area contributed by atoms with Crippen LogP contribution >= 0.6 is 11.3 Å². The highest BCUT2D eigenvalue weighted by Crippen LogP contribution is 2.12. The molecule has 0 radical (unpaired) electrons. The van der Waals surface area contributed by atoms with Crippen molar-refractivity contribution in [2.75, 3.05) is 20.1 Å². The molecule has 2 rings (SSSR count). The number of thiazole rings is 1. The van der Waals surface area contributed by atoms with Gasteiger partial charge < -0.3 is 10.2 Å². The van der Waals surface area contributed by atoms with Crippen LogP contribution in [0.5, 0.6) is 0 Å². The molecule has 0 atom stereocenters. The Bertz CT molecular complexity index is 366. The summed E-state index contributed by atoms with van der Waals surface area (Å²) in [7, 11) is 1.85. The van der Waals surface area contributed by atoms with Crippen molar-refractivity contribution in [3.63, 3.8) is 0 Å². The van der Waals surface area contributed by atoms with E-state index >= 15 is 0 Å². The van der Waals surface area contributed by atoms with Gasteiger partial charge in [-0.05, 0) is 19.8 Å². The number of nitrogens with one attached hydrogen (secondary N) is 1. The van der Waals surface area contributed by atoms with Gasteiger partial charge in [0.1, 0.15) is 0 Å². The molecule has 0 unspecified atom stereocenters. The number of nitrogens with zero attached hydrogens (tertiary/aromatic N) is 3. The number of aromatic nitrogens is 1. The van der Waals surface area contributed by atoms with E-state index in [1.807, 2.05) is 20.2 Å². The van der Waals surface area contributed by atoms with Gasteiger partial charge in [-0.15, -0.1) is 11.3 Å². The summed E-state index contributed by atoms with van der Waals surface area (Å²) in [5, 5.41) is 4.51. The second-order valence-corrected chi connectivity index (χ2v) is 5.26. The molecule has 88 valence electrons. The number of hydrogen-bond acceptors (Lipinski definition) is 3. The highest BCUT2D eigenvalue weighted by atomic mass is 32.1. The third kappa shape index (κ3) is 2.72. The van der Waals surface area contributed by atoms with E-state index in [-0.39, 0.29) is 0 Å². The number of aryl methyl sites for hydroxylation is 1. The summed E-state index contributed by atoms with van der Waals surface area (Å²) in [6, 6.07) is 0. The van der Waals surface area contributed by atoms with Crippen molar-refractivity contribution in [2.24, 2.45) is 4.99 Å². The molecule has 0 aromatic carbocycles. The summed E-state index contributed by atoms with van der Waals surface area (Å²) >= 11 is 1.74. The molecule has 16 heavy (non-hydrogen) atoms. The summed E-state index contributed by atoms with van der Waals surface area (Å²) in [4.78, 5) is 12.1. The molecule has 4 nitrogen and oxygen atoms in total. The Morgan fingerprint density at radius 3 is 2.88 bits per heavy atom. The van der Waals surface area contributed by atoms with Crippen molar-refractivity contribution in [1.82, 2.24) is 15.2 Å². The maximum atomic E-state index is 4.31. The van der Waals surface area contributed by atoms with Crippen LogP contribution in [0, 0.1) is 6.92 Å². The van der Waals surface area contributed by atoms with Crippen molar-refractivity contribution in [1.29, 1.82) is 0 Å². The van der Waals surface area contributed by atoms with Crippen LogP contribution in [-0.4, -0.2) is 36.0 Å². The van der Waals surface area contributed by atoms with E-state index in [4.69, 9.17) is 0 Å². The van der Waals surface area contributed by atoms with Gasteiger partial charge in [0.15, 0.2) is 5.96 Å². The minimum absolute atomic E-state index is 0.828. The number of rotatable bonds is 2. The summed E-state index contributed by atoms with van der Waals surface area (Å²) < 4.78 is 0. The van der Waals surface area contributed by atoms with E-state index in [1.165, 1.54) is 17.7 Å². The Balaban J connectivity index is 1.88. The Kier molecular flexibility index (Phi) is 3.77. The average Bonchev–Trinajstić information content (AvgIpc) is 2.91. The predicted octanol–water partition coefficient (Wildman–Crippen LogP) is 1.62. The fourth-order valence-electron chi connectivity index (χ4n) is 1.91. The minimum Gasteiger partial charge on any atom is -0.351 e. The lowest BCUT2D eigenvalue weighted by Crippen LogP contribution is -2.38. The fourth-order valence-corrected chi connectivity index (χ4v) is 2.65. The molecule has 0 saturated carbocycles. The second-order valence-electron chi connectivity index (χ2n) is 3.94. The van der Waals surface area contributed by atoms with E-state index in [0.717, 1.165) is 30.6 Å². The fraction of sp³-hybridized carbons (Fsp3) is 0.636. The quantitative estimate of drug-likeness (QED) is 0.629. The highest BCUT2D eigenvalue weighted by molar-refractivity contribution is 7.11. The molecule has 2 heterocycles. The summed E-state index contributed by atoms with van der Waals surface area (Å²) in [5.41, 5.74) is 0. The molecule has 1 N–H and O–H groups in total. The van der Waals surface area contributed by atoms with Gasteiger partial charge in [-0.3, -0.25) is 4.99 Å². The molecule has 0 amide bonds. The van der Waals surface area contributed by atoms with Crippen LogP contribution in [0.4, 0.5) is 0 Å². The zero-order chi connectivity index (χ0) is 11.4. The summed E-state index contributed by atoms with van der Waals surface area (Å²) in [6.45, 7) is 5.11. The van der Waals surface area contributed by atoms with Crippen LogP contribution in [0.3, 0.4) is 0 Å². The molecule has 0 spiro atoms. The molecule has 1 saturated heterocycles. The van der Waals surface area contributed by atoms with Crippen molar-refractivity contribution in [2.45, 2.75) is 26.3 Å². The van der Waals surface area contributed by atoms with E-state index < -0.39 is 0 Å². The van der Waals surface area contributed by atoms with E-state index in [2.05, 4.69) is 20.2 Å². The first kappa shape index (κ1) is 11.4. The number of guanidine groups is 1. The Labute approximate surface area is 100 Å². The van der Waals surface area contributed by atoms with Crippen LogP contribution in [-0.2, 0) is 6.54 Å². The number of likely N-dealkylation sites (tertiary alicyclic amines) is 1. The lowest BCUT2D eigenvalue weighted by atomic mass is 10.4. The van der Waals surface area contributed by atoms with Gasteiger partial charge in [0.2, 0.25) is 0 Å². The van der Waals surface area contributed by atoms with Gasteiger partial charge in [-0.25, -0.2) is 4.98 Å². The molecular formula is C11H18N4S.